The molecule has 2 saturated heterocycles. The van der Waals surface area contributed by atoms with Gasteiger partial charge < -0.3 is 14.8 Å². The number of ether oxygens (including phenoxy) is 2. The van der Waals surface area contributed by atoms with Gasteiger partial charge in [-0.15, -0.1) is 5.10 Å². The predicted octanol–water partition coefficient (Wildman–Crippen LogP) is 1.42. The van der Waals surface area contributed by atoms with Gasteiger partial charge in [0.15, 0.2) is 0 Å². The Morgan fingerprint density at radius 2 is 2.03 bits per heavy atom. The molecule has 10 heteroatoms. The molecule has 1 unspecified atom stereocenters. The molecule has 9 nitrogen and oxygen atoms in total. The van der Waals surface area contributed by atoms with Crippen LogP contribution in [0.4, 0.5) is 5.69 Å². The summed E-state index contributed by atoms with van der Waals surface area (Å²) in [6, 6.07) is 8.00. The first-order chi connectivity index (χ1) is 14.3. The highest BCUT2D eigenvalue weighted by atomic mass is 32.2. The molecule has 3 heterocycles. The van der Waals surface area contributed by atoms with Gasteiger partial charge in [0.25, 0.3) is 0 Å². The number of carbonyl (C=O) groups is 1. The maximum Gasteiger partial charge on any atom is 0.234 e. The molecule has 1 aromatic heterocycles. The Morgan fingerprint density at radius 3 is 2.79 bits per heavy atom. The first-order valence-electron chi connectivity index (χ1n) is 9.96. The van der Waals surface area contributed by atoms with E-state index in [1.54, 1.807) is 4.68 Å². The van der Waals surface area contributed by atoms with Gasteiger partial charge in [-0.05, 0) is 41.0 Å². The summed E-state index contributed by atoms with van der Waals surface area (Å²) in [6.45, 7) is 5.83. The molecule has 29 heavy (non-hydrogen) atoms. The molecular weight excluding hydrogens is 392 g/mol. The van der Waals surface area contributed by atoms with Gasteiger partial charge in [0, 0.05) is 31.9 Å². The Balaban J connectivity index is 1.23. The number of rotatable bonds is 8. The number of aromatic nitrogens is 4. The number of tetrazole rings is 1. The summed E-state index contributed by atoms with van der Waals surface area (Å²) < 4.78 is 12.7. The molecule has 0 spiro atoms. The SMILES string of the molecule is O=C(CSc1nnnn1CC1CCCO1)Nc1ccc(CN2CCOCC2)cc1. The molecule has 0 aliphatic carbocycles. The topological polar surface area (TPSA) is 94.4 Å². The molecule has 0 radical (unpaired) electrons. The predicted molar refractivity (Wildman–Crippen MR) is 109 cm³/mol. The van der Waals surface area contributed by atoms with E-state index in [-0.39, 0.29) is 17.8 Å². The van der Waals surface area contributed by atoms with E-state index in [4.69, 9.17) is 9.47 Å². The molecule has 0 saturated carbocycles. The highest BCUT2D eigenvalue weighted by molar-refractivity contribution is 7.99. The molecule has 1 aromatic carbocycles. The van der Waals surface area contributed by atoms with Gasteiger partial charge in [-0.25, -0.2) is 4.68 Å². The van der Waals surface area contributed by atoms with E-state index in [1.165, 1.54) is 17.3 Å². The third-order valence-corrected chi connectivity index (χ3v) is 5.94. The van der Waals surface area contributed by atoms with Crippen molar-refractivity contribution in [3.05, 3.63) is 29.8 Å². The van der Waals surface area contributed by atoms with Gasteiger partial charge in [0.05, 0.1) is 31.6 Å². The molecule has 1 N–H and O–H groups in total. The average molecular weight is 419 g/mol. The fourth-order valence-corrected chi connectivity index (χ4v) is 4.12. The van der Waals surface area contributed by atoms with Crippen LogP contribution in [0, 0.1) is 0 Å². The normalized spacial score (nSPS) is 20.1. The van der Waals surface area contributed by atoms with Crippen LogP contribution in [0.25, 0.3) is 0 Å². The molecule has 2 aromatic rings. The van der Waals surface area contributed by atoms with Crippen molar-refractivity contribution in [2.24, 2.45) is 0 Å². The van der Waals surface area contributed by atoms with Crippen LogP contribution in [-0.4, -0.2) is 75.8 Å². The molecule has 0 bridgehead atoms. The summed E-state index contributed by atoms with van der Waals surface area (Å²) in [6.07, 6.45) is 2.25. The van der Waals surface area contributed by atoms with E-state index in [0.717, 1.165) is 58.0 Å². The lowest BCUT2D eigenvalue weighted by molar-refractivity contribution is -0.113. The minimum absolute atomic E-state index is 0.0809. The van der Waals surface area contributed by atoms with Crippen LogP contribution in [0.3, 0.4) is 0 Å². The zero-order chi connectivity index (χ0) is 19.9. The second-order valence-electron chi connectivity index (χ2n) is 7.20. The van der Waals surface area contributed by atoms with E-state index in [9.17, 15) is 4.79 Å². The summed E-state index contributed by atoms with van der Waals surface area (Å²) in [5.74, 6) is 0.170. The van der Waals surface area contributed by atoms with Crippen molar-refractivity contribution in [3.8, 4) is 0 Å². The number of amides is 1. The quantitative estimate of drug-likeness (QED) is 0.643. The van der Waals surface area contributed by atoms with Crippen LogP contribution in [0.5, 0.6) is 0 Å². The maximum absolute atomic E-state index is 12.3. The number of nitrogens with zero attached hydrogens (tertiary/aromatic N) is 5. The second kappa shape index (κ2) is 10.1. The number of nitrogens with one attached hydrogen (secondary N) is 1. The van der Waals surface area contributed by atoms with E-state index >= 15 is 0 Å². The van der Waals surface area contributed by atoms with Crippen molar-refractivity contribution in [2.75, 3.05) is 44.0 Å². The number of thioether (sulfide) groups is 1. The van der Waals surface area contributed by atoms with Gasteiger partial charge in [-0.3, -0.25) is 9.69 Å². The molecule has 2 fully saturated rings. The van der Waals surface area contributed by atoms with Gasteiger partial charge in [0.2, 0.25) is 11.1 Å². The van der Waals surface area contributed by atoms with Crippen LogP contribution in [0.1, 0.15) is 18.4 Å². The number of anilines is 1. The summed E-state index contributed by atoms with van der Waals surface area (Å²) in [7, 11) is 0. The minimum atomic E-state index is -0.0809. The third kappa shape index (κ3) is 5.99. The second-order valence-corrected chi connectivity index (χ2v) is 8.14. The molecule has 2 aliphatic heterocycles. The Kier molecular flexibility index (Phi) is 7.09. The Bertz CT molecular complexity index is 787. The van der Waals surface area contributed by atoms with Gasteiger partial charge in [-0.1, -0.05) is 23.9 Å². The molecular formula is C19H26N6O3S. The van der Waals surface area contributed by atoms with Gasteiger partial charge in [-0.2, -0.15) is 0 Å². The number of hydrogen-bond donors (Lipinski definition) is 1. The van der Waals surface area contributed by atoms with Crippen LogP contribution in [0.2, 0.25) is 0 Å². The molecule has 156 valence electrons. The van der Waals surface area contributed by atoms with E-state index in [2.05, 4.69) is 37.9 Å². The molecule has 2 aliphatic rings. The zero-order valence-electron chi connectivity index (χ0n) is 16.3. The monoisotopic (exact) mass is 418 g/mol. The van der Waals surface area contributed by atoms with Crippen LogP contribution >= 0.6 is 11.8 Å². The fraction of sp³-hybridized carbons (Fsp3) is 0.579. The van der Waals surface area contributed by atoms with Crippen LogP contribution in [0.15, 0.2) is 29.4 Å². The van der Waals surface area contributed by atoms with Gasteiger partial charge >= 0.3 is 0 Å². The van der Waals surface area contributed by atoms with Crippen molar-refractivity contribution in [2.45, 2.75) is 37.2 Å². The minimum Gasteiger partial charge on any atom is -0.379 e. The van der Waals surface area contributed by atoms with Crippen molar-refractivity contribution in [3.63, 3.8) is 0 Å². The highest BCUT2D eigenvalue weighted by Gasteiger charge is 2.19. The number of hydrogen-bond acceptors (Lipinski definition) is 8. The number of benzene rings is 1. The standard InChI is InChI=1S/C19H26N6O3S/c26-18(14-29-19-21-22-23-25(19)13-17-2-1-9-28-17)20-16-5-3-15(4-6-16)12-24-7-10-27-11-8-24/h3-6,17H,1-2,7-14H2,(H,20,26). The number of carbonyl (C=O) groups excluding carboxylic acids is 1. The van der Waals surface area contributed by atoms with Crippen LogP contribution in [-0.2, 0) is 27.4 Å². The Morgan fingerprint density at radius 1 is 1.21 bits per heavy atom. The van der Waals surface area contributed by atoms with Crippen molar-refractivity contribution in [1.82, 2.24) is 25.1 Å². The van der Waals surface area contributed by atoms with Crippen molar-refractivity contribution >= 4 is 23.4 Å². The summed E-state index contributed by atoms with van der Waals surface area (Å²) >= 11 is 1.33. The highest BCUT2D eigenvalue weighted by Crippen LogP contribution is 2.19. The smallest absolute Gasteiger partial charge is 0.234 e. The zero-order valence-corrected chi connectivity index (χ0v) is 17.1. The molecule has 1 amide bonds. The lowest BCUT2D eigenvalue weighted by Gasteiger charge is -2.26. The summed E-state index contributed by atoms with van der Waals surface area (Å²) in [4.78, 5) is 14.7. The Labute approximate surface area is 174 Å². The fourth-order valence-electron chi connectivity index (χ4n) is 3.43. The molecule has 4 rings (SSSR count). The van der Waals surface area contributed by atoms with E-state index in [0.29, 0.717) is 11.7 Å². The summed E-state index contributed by atoms with van der Waals surface area (Å²) in [5.41, 5.74) is 2.02. The third-order valence-electron chi connectivity index (χ3n) is 4.98. The van der Waals surface area contributed by atoms with E-state index in [1.807, 2.05) is 12.1 Å². The van der Waals surface area contributed by atoms with Crippen molar-refractivity contribution in [1.29, 1.82) is 0 Å². The lowest BCUT2D eigenvalue weighted by Crippen LogP contribution is -2.35. The van der Waals surface area contributed by atoms with Crippen LogP contribution < -0.4 is 5.32 Å². The lowest BCUT2D eigenvalue weighted by atomic mass is 10.2. The first-order valence-corrected chi connectivity index (χ1v) is 10.9. The first kappa shape index (κ1) is 20.3. The largest absolute Gasteiger partial charge is 0.379 e. The Hall–Kier alpha value is -2.01. The van der Waals surface area contributed by atoms with Gasteiger partial charge in [0.1, 0.15) is 0 Å². The summed E-state index contributed by atoms with van der Waals surface area (Å²) in [5, 5.41) is 15.3. The molecule has 1 atom stereocenters. The average Bonchev–Trinajstić information content (AvgIpc) is 3.41. The maximum atomic E-state index is 12.3. The number of morpholine rings is 1. The van der Waals surface area contributed by atoms with E-state index < -0.39 is 0 Å². The van der Waals surface area contributed by atoms with Crippen molar-refractivity contribution < 1.29 is 14.3 Å².